The lowest BCUT2D eigenvalue weighted by Crippen LogP contribution is -2.25. The molecule has 0 aromatic carbocycles. The normalized spacial score (nSPS) is 12.9. The highest BCUT2D eigenvalue weighted by Crippen LogP contribution is 2.18. The predicted octanol–water partition coefficient (Wildman–Crippen LogP) is 3.40. The molecule has 0 aliphatic carbocycles. The minimum absolute atomic E-state index is 0.478. The number of hydrogen-bond donors (Lipinski definition) is 0. The second kappa shape index (κ2) is 5.64. The Labute approximate surface area is 84.5 Å². The zero-order chi connectivity index (χ0) is 10.5. The summed E-state index contributed by atoms with van der Waals surface area (Å²) in [7, 11) is 2.23. The van der Waals surface area contributed by atoms with E-state index in [2.05, 4.69) is 46.6 Å². The maximum absolute atomic E-state index is 2.45. The Bertz CT molecular complexity index is 122. The largest absolute Gasteiger partial charge is 0.306 e. The third-order valence-corrected chi connectivity index (χ3v) is 2.33. The smallest absolute Gasteiger partial charge is 0.00168 e. The summed E-state index contributed by atoms with van der Waals surface area (Å²) in [6.45, 7) is 14.0. The van der Waals surface area contributed by atoms with Crippen molar-refractivity contribution in [3.63, 3.8) is 0 Å². The van der Waals surface area contributed by atoms with Gasteiger partial charge in [-0.1, -0.05) is 34.6 Å². The maximum atomic E-state index is 2.45. The summed E-state index contributed by atoms with van der Waals surface area (Å²) in [5.74, 6) is 0.831. The molecule has 0 aromatic rings. The van der Waals surface area contributed by atoms with Crippen LogP contribution >= 0.6 is 0 Å². The molecule has 0 fully saturated rings. The van der Waals surface area contributed by atoms with Gasteiger partial charge in [0.2, 0.25) is 0 Å². The molecular formula is C12H27N. The van der Waals surface area contributed by atoms with Crippen LogP contribution in [-0.4, -0.2) is 25.0 Å². The molecule has 0 N–H and O–H groups in total. The first kappa shape index (κ1) is 13.0. The summed E-state index contributed by atoms with van der Waals surface area (Å²) in [4.78, 5) is 2.45. The summed E-state index contributed by atoms with van der Waals surface area (Å²) >= 11 is 0. The van der Waals surface area contributed by atoms with Crippen LogP contribution in [0.2, 0.25) is 0 Å². The van der Waals surface area contributed by atoms with Gasteiger partial charge in [-0.2, -0.15) is 0 Å². The van der Waals surface area contributed by atoms with Crippen molar-refractivity contribution in [2.45, 2.75) is 47.5 Å². The summed E-state index contributed by atoms with van der Waals surface area (Å²) in [5.41, 5.74) is 0.478. The van der Waals surface area contributed by atoms with Crippen LogP contribution in [0.1, 0.15) is 47.5 Å². The van der Waals surface area contributed by atoms with Gasteiger partial charge in [-0.3, -0.25) is 0 Å². The van der Waals surface area contributed by atoms with Crippen LogP contribution < -0.4 is 0 Å². The Morgan fingerprint density at radius 1 is 1.08 bits per heavy atom. The molecule has 0 aromatic heterocycles. The van der Waals surface area contributed by atoms with E-state index in [1.54, 1.807) is 0 Å². The molecule has 0 rings (SSSR count). The lowest BCUT2D eigenvalue weighted by molar-refractivity contribution is 0.254. The average Bonchev–Trinajstić information content (AvgIpc) is 1.95. The molecule has 0 radical (unpaired) electrons. The van der Waals surface area contributed by atoms with Gasteiger partial charge in [-0.15, -0.1) is 0 Å². The SMILES string of the molecule is CC(C)CCN(C)CCC(C)(C)C. The van der Waals surface area contributed by atoms with Gasteiger partial charge in [-0.25, -0.2) is 0 Å². The third-order valence-electron chi connectivity index (χ3n) is 2.33. The zero-order valence-corrected chi connectivity index (χ0v) is 10.4. The molecule has 0 aliphatic heterocycles. The van der Waals surface area contributed by atoms with Gasteiger partial charge in [0.1, 0.15) is 0 Å². The molecule has 0 saturated carbocycles. The van der Waals surface area contributed by atoms with Gasteiger partial charge in [0.25, 0.3) is 0 Å². The average molecular weight is 185 g/mol. The van der Waals surface area contributed by atoms with Crippen LogP contribution in [0.4, 0.5) is 0 Å². The fourth-order valence-electron chi connectivity index (χ4n) is 1.12. The van der Waals surface area contributed by atoms with E-state index in [4.69, 9.17) is 0 Å². The Morgan fingerprint density at radius 3 is 2.00 bits per heavy atom. The molecular weight excluding hydrogens is 158 g/mol. The van der Waals surface area contributed by atoms with Crippen molar-refractivity contribution in [1.29, 1.82) is 0 Å². The van der Waals surface area contributed by atoms with Crippen molar-refractivity contribution in [3.05, 3.63) is 0 Å². The van der Waals surface area contributed by atoms with E-state index in [1.807, 2.05) is 0 Å². The van der Waals surface area contributed by atoms with Crippen LogP contribution in [0.3, 0.4) is 0 Å². The van der Waals surface area contributed by atoms with Crippen LogP contribution in [0, 0.1) is 11.3 Å². The van der Waals surface area contributed by atoms with Crippen molar-refractivity contribution >= 4 is 0 Å². The molecule has 0 atom stereocenters. The molecule has 1 heteroatoms. The van der Waals surface area contributed by atoms with Crippen LogP contribution in [0.25, 0.3) is 0 Å². The summed E-state index contributed by atoms with van der Waals surface area (Å²) in [6, 6.07) is 0. The van der Waals surface area contributed by atoms with Crippen molar-refractivity contribution < 1.29 is 0 Å². The first-order chi connectivity index (χ1) is 5.81. The molecule has 80 valence electrons. The summed E-state index contributed by atoms with van der Waals surface area (Å²) < 4.78 is 0. The van der Waals surface area contributed by atoms with E-state index in [0.29, 0.717) is 5.41 Å². The van der Waals surface area contributed by atoms with E-state index in [0.717, 1.165) is 5.92 Å². The van der Waals surface area contributed by atoms with E-state index in [9.17, 15) is 0 Å². The molecule has 0 amide bonds. The van der Waals surface area contributed by atoms with E-state index >= 15 is 0 Å². The topological polar surface area (TPSA) is 3.24 Å². The Hall–Kier alpha value is -0.0400. The van der Waals surface area contributed by atoms with Gasteiger partial charge in [0, 0.05) is 0 Å². The van der Waals surface area contributed by atoms with Crippen LogP contribution in [-0.2, 0) is 0 Å². The van der Waals surface area contributed by atoms with Gasteiger partial charge in [-0.05, 0) is 44.3 Å². The highest BCUT2D eigenvalue weighted by atomic mass is 15.1. The lowest BCUT2D eigenvalue weighted by atomic mass is 9.92. The Morgan fingerprint density at radius 2 is 1.62 bits per heavy atom. The van der Waals surface area contributed by atoms with Gasteiger partial charge in [0.15, 0.2) is 0 Å². The molecule has 0 heterocycles. The Balaban J connectivity index is 3.46. The van der Waals surface area contributed by atoms with Gasteiger partial charge >= 0.3 is 0 Å². The standard InChI is InChI=1S/C12H27N/c1-11(2)7-9-13(6)10-8-12(3,4)5/h11H,7-10H2,1-6H3. The fourth-order valence-corrected chi connectivity index (χ4v) is 1.12. The Kier molecular flexibility index (Phi) is 5.62. The number of rotatable bonds is 5. The summed E-state index contributed by atoms with van der Waals surface area (Å²) in [6.07, 6.45) is 2.61. The summed E-state index contributed by atoms with van der Waals surface area (Å²) in [5, 5.41) is 0. The van der Waals surface area contributed by atoms with Crippen LogP contribution in [0.5, 0.6) is 0 Å². The molecule has 13 heavy (non-hydrogen) atoms. The third kappa shape index (κ3) is 9.88. The van der Waals surface area contributed by atoms with Crippen molar-refractivity contribution in [3.8, 4) is 0 Å². The predicted molar refractivity (Wildman–Crippen MR) is 61.0 cm³/mol. The second-order valence-electron chi connectivity index (χ2n) is 5.80. The quantitative estimate of drug-likeness (QED) is 0.634. The number of hydrogen-bond acceptors (Lipinski definition) is 1. The van der Waals surface area contributed by atoms with Crippen molar-refractivity contribution in [2.24, 2.45) is 11.3 Å². The monoisotopic (exact) mass is 185 g/mol. The lowest BCUT2D eigenvalue weighted by Gasteiger charge is -2.23. The minimum atomic E-state index is 0.478. The van der Waals surface area contributed by atoms with Gasteiger partial charge in [0.05, 0.1) is 0 Å². The molecule has 0 spiro atoms. The first-order valence-electron chi connectivity index (χ1n) is 5.50. The molecule has 1 nitrogen and oxygen atoms in total. The molecule has 0 unspecified atom stereocenters. The van der Waals surface area contributed by atoms with Crippen LogP contribution in [0.15, 0.2) is 0 Å². The number of nitrogens with zero attached hydrogens (tertiary/aromatic N) is 1. The first-order valence-corrected chi connectivity index (χ1v) is 5.50. The van der Waals surface area contributed by atoms with E-state index in [-0.39, 0.29) is 0 Å². The molecule has 0 bridgehead atoms. The molecule has 0 saturated heterocycles. The van der Waals surface area contributed by atoms with Gasteiger partial charge < -0.3 is 4.90 Å². The molecule has 0 aliphatic rings. The van der Waals surface area contributed by atoms with Crippen molar-refractivity contribution in [2.75, 3.05) is 20.1 Å². The highest BCUT2D eigenvalue weighted by Gasteiger charge is 2.11. The van der Waals surface area contributed by atoms with E-state index < -0.39 is 0 Å². The fraction of sp³-hybridized carbons (Fsp3) is 1.00. The minimum Gasteiger partial charge on any atom is -0.306 e. The zero-order valence-electron chi connectivity index (χ0n) is 10.4. The highest BCUT2D eigenvalue weighted by molar-refractivity contribution is 4.64. The maximum Gasteiger partial charge on any atom is -0.00168 e. The van der Waals surface area contributed by atoms with E-state index in [1.165, 1.54) is 25.9 Å². The van der Waals surface area contributed by atoms with Crippen molar-refractivity contribution in [1.82, 2.24) is 4.90 Å². The second-order valence-corrected chi connectivity index (χ2v) is 5.80.